The molecule has 1 saturated carbocycles. The maximum absolute atomic E-state index is 12.2. The maximum atomic E-state index is 12.2. The zero-order valence-corrected chi connectivity index (χ0v) is 11.7. The van der Waals surface area contributed by atoms with Crippen LogP contribution in [0.5, 0.6) is 0 Å². The van der Waals surface area contributed by atoms with Gasteiger partial charge in [0, 0.05) is 6.42 Å². The van der Waals surface area contributed by atoms with Gasteiger partial charge in [0.05, 0.1) is 0 Å². The lowest BCUT2D eigenvalue weighted by Crippen LogP contribution is -2.44. The zero-order valence-electron chi connectivity index (χ0n) is 11.7. The van der Waals surface area contributed by atoms with Crippen molar-refractivity contribution in [3.8, 4) is 0 Å². The number of nitrogens with zero attached hydrogens (tertiary/aromatic N) is 3. The summed E-state index contributed by atoms with van der Waals surface area (Å²) in [5.74, 6) is 1.39. The van der Waals surface area contributed by atoms with Crippen LogP contribution in [0.25, 0.3) is 0 Å². The molecule has 7 heteroatoms. The molecule has 1 amide bonds. The van der Waals surface area contributed by atoms with Gasteiger partial charge in [0.2, 0.25) is 5.91 Å². The molecule has 0 spiro atoms. The first-order valence-corrected chi connectivity index (χ1v) is 7.54. The van der Waals surface area contributed by atoms with E-state index >= 15 is 0 Å². The van der Waals surface area contributed by atoms with Gasteiger partial charge in [-0.2, -0.15) is 5.21 Å². The Hall–Kier alpha value is -1.50. The molecular weight excluding hydrogens is 256 g/mol. The minimum atomic E-state index is -0.391. The van der Waals surface area contributed by atoms with Crippen molar-refractivity contribution in [3.63, 3.8) is 0 Å². The van der Waals surface area contributed by atoms with Crippen LogP contribution in [0.2, 0.25) is 0 Å². The molecule has 1 aliphatic carbocycles. The van der Waals surface area contributed by atoms with E-state index in [-0.39, 0.29) is 5.91 Å². The van der Waals surface area contributed by atoms with Crippen LogP contribution in [0.1, 0.15) is 50.8 Å². The van der Waals surface area contributed by atoms with E-state index in [4.69, 9.17) is 0 Å². The Morgan fingerprint density at radius 3 is 2.90 bits per heavy atom. The number of nitrogens with one attached hydrogen (secondary N) is 3. The van der Waals surface area contributed by atoms with Crippen LogP contribution < -0.4 is 10.6 Å². The van der Waals surface area contributed by atoms with Crippen LogP contribution in [-0.2, 0) is 10.3 Å². The Morgan fingerprint density at radius 2 is 2.25 bits per heavy atom. The molecule has 2 heterocycles. The van der Waals surface area contributed by atoms with Gasteiger partial charge in [-0.15, -0.1) is 10.2 Å². The monoisotopic (exact) mass is 278 g/mol. The number of H-pyrrole nitrogens is 1. The van der Waals surface area contributed by atoms with E-state index < -0.39 is 5.54 Å². The Morgan fingerprint density at radius 1 is 1.40 bits per heavy atom. The molecule has 3 rings (SSSR count). The number of hydrogen-bond acceptors (Lipinski definition) is 5. The fraction of sp³-hybridized carbons (Fsp3) is 0.846. The molecule has 0 aromatic carbocycles. The Bertz CT molecular complexity index is 434. The molecule has 1 unspecified atom stereocenters. The summed E-state index contributed by atoms with van der Waals surface area (Å²) >= 11 is 0. The second kappa shape index (κ2) is 5.87. The summed E-state index contributed by atoms with van der Waals surface area (Å²) in [5, 5.41) is 20.8. The highest BCUT2D eigenvalue weighted by Gasteiger charge is 2.40. The third-order valence-corrected chi connectivity index (χ3v) is 4.55. The van der Waals surface area contributed by atoms with Crippen LogP contribution in [0, 0.1) is 5.92 Å². The van der Waals surface area contributed by atoms with E-state index in [1.54, 1.807) is 0 Å². The van der Waals surface area contributed by atoms with Crippen molar-refractivity contribution in [1.29, 1.82) is 0 Å². The lowest BCUT2D eigenvalue weighted by Gasteiger charge is -2.26. The second-order valence-electron chi connectivity index (χ2n) is 5.97. The number of hydrogen-bond donors (Lipinski definition) is 3. The van der Waals surface area contributed by atoms with Gasteiger partial charge in [-0.05, 0) is 44.7 Å². The quantitative estimate of drug-likeness (QED) is 0.728. The number of aromatic amines is 1. The van der Waals surface area contributed by atoms with E-state index in [1.807, 2.05) is 0 Å². The summed E-state index contributed by atoms with van der Waals surface area (Å²) in [7, 11) is 0. The molecule has 2 fully saturated rings. The van der Waals surface area contributed by atoms with Gasteiger partial charge in [-0.3, -0.25) is 4.79 Å². The normalized spacial score (nSPS) is 24.9. The topological polar surface area (TPSA) is 95.6 Å². The Kier molecular flexibility index (Phi) is 3.95. The average Bonchev–Trinajstić information content (AvgIpc) is 3.18. The summed E-state index contributed by atoms with van der Waals surface area (Å²) < 4.78 is 0. The number of amides is 1. The van der Waals surface area contributed by atoms with Crippen molar-refractivity contribution in [1.82, 2.24) is 31.3 Å². The molecule has 20 heavy (non-hydrogen) atoms. The van der Waals surface area contributed by atoms with Crippen molar-refractivity contribution in [2.45, 2.75) is 50.5 Å². The number of carbonyl (C=O) groups is 1. The first-order valence-electron chi connectivity index (χ1n) is 7.54. The van der Waals surface area contributed by atoms with Crippen LogP contribution in [0.15, 0.2) is 0 Å². The molecule has 3 N–H and O–H groups in total. The van der Waals surface area contributed by atoms with Crippen molar-refractivity contribution in [3.05, 3.63) is 5.82 Å². The molecule has 0 bridgehead atoms. The third-order valence-electron chi connectivity index (χ3n) is 4.55. The highest BCUT2D eigenvalue weighted by atomic mass is 16.1. The van der Waals surface area contributed by atoms with Gasteiger partial charge in [-0.25, -0.2) is 0 Å². The van der Waals surface area contributed by atoms with Gasteiger partial charge in [0.25, 0.3) is 0 Å². The number of rotatable bonds is 5. The number of aromatic nitrogens is 4. The highest BCUT2D eigenvalue weighted by Crippen LogP contribution is 2.36. The lowest BCUT2D eigenvalue weighted by atomic mass is 9.95. The lowest BCUT2D eigenvalue weighted by molar-refractivity contribution is -0.123. The number of carbonyl (C=O) groups excluding carboxylic acids is 1. The predicted molar refractivity (Wildman–Crippen MR) is 72.7 cm³/mol. The molecule has 1 atom stereocenters. The van der Waals surface area contributed by atoms with Crippen LogP contribution in [0.3, 0.4) is 0 Å². The zero-order chi connectivity index (χ0) is 13.8. The molecule has 1 aliphatic heterocycles. The minimum Gasteiger partial charge on any atom is -0.343 e. The van der Waals surface area contributed by atoms with Gasteiger partial charge in [-0.1, -0.05) is 18.1 Å². The number of tetrazole rings is 1. The van der Waals surface area contributed by atoms with Crippen LogP contribution in [-0.4, -0.2) is 39.6 Å². The second-order valence-corrected chi connectivity index (χ2v) is 5.97. The minimum absolute atomic E-state index is 0.114. The summed E-state index contributed by atoms with van der Waals surface area (Å²) in [5.41, 5.74) is -0.391. The SMILES string of the molecule is O=C(CCC1CCNC1)NC1(c2nn[nH]n2)CCCC1. The van der Waals surface area contributed by atoms with Gasteiger partial charge in [0.1, 0.15) is 5.54 Å². The largest absolute Gasteiger partial charge is 0.343 e. The van der Waals surface area contributed by atoms with Crippen molar-refractivity contribution in [2.24, 2.45) is 5.92 Å². The maximum Gasteiger partial charge on any atom is 0.220 e. The Balaban J connectivity index is 1.57. The standard InChI is InChI=1S/C13H22N6O/c20-11(4-3-10-5-8-14-9-10)15-13(6-1-2-7-13)12-16-18-19-17-12/h10,14H,1-9H2,(H,15,20)(H,16,17,18,19). The fourth-order valence-corrected chi connectivity index (χ4v) is 3.37. The van der Waals surface area contributed by atoms with Crippen LogP contribution in [0.4, 0.5) is 0 Å². The molecule has 1 aromatic heterocycles. The molecule has 2 aliphatic rings. The molecule has 1 saturated heterocycles. The predicted octanol–water partition coefficient (Wildman–Crippen LogP) is 0.475. The highest BCUT2D eigenvalue weighted by molar-refractivity contribution is 5.77. The van der Waals surface area contributed by atoms with E-state index in [0.29, 0.717) is 18.2 Å². The first kappa shape index (κ1) is 13.5. The summed E-state index contributed by atoms with van der Waals surface area (Å²) in [4.78, 5) is 12.2. The molecule has 1 aromatic rings. The first-order chi connectivity index (χ1) is 9.78. The van der Waals surface area contributed by atoms with E-state index in [2.05, 4.69) is 31.3 Å². The summed E-state index contributed by atoms with van der Waals surface area (Å²) in [6.07, 6.45) is 6.74. The van der Waals surface area contributed by atoms with Crippen molar-refractivity contribution < 1.29 is 4.79 Å². The summed E-state index contributed by atoms with van der Waals surface area (Å²) in [6.45, 7) is 2.13. The molecular formula is C13H22N6O. The molecule has 110 valence electrons. The smallest absolute Gasteiger partial charge is 0.220 e. The third kappa shape index (κ3) is 2.82. The van der Waals surface area contributed by atoms with Gasteiger partial charge in [0.15, 0.2) is 5.82 Å². The van der Waals surface area contributed by atoms with Gasteiger partial charge < -0.3 is 10.6 Å². The van der Waals surface area contributed by atoms with Crippen molar-refractivity contribution in [2.75, 3.05) is 13.1 Å². The van der Waals surface area contributed by atoms with Crippen LogP contribution >= 0.6 is 0 Å². The molecule has 0 radical (unpaired) electrons. The van der Waals surface area contributed by atoms with Gasteiger partial charge >= 0.3 is 0 Å². The molecule has 7 nitrogen and oxygen atoms in total. The van der Waals surface area contributed by atoms with E-state index in [9.17, 15) is 4.79 Å². The van der Waals surface area contributed by atoms with Crippen molar-refractivity contribution >= 4 is 5.91 Å². The van der Waals surface area contributed by atoms with E-state index in [0.717, 1.165) is 45.2 Å². The Labute approximate surface area is 118 Å². The average molecular weight is 278 g/mol. The van der Waals surface area contributed by atoms with E-state index in [1.165, 1.54) is 6.42 Å². The summed E-state index contributed by atoms with van der Waals surface area (Å²) in [6, 6.07) is 0. The fourth-order valence-electron chi connectivity index (χ4n) is 3.37.